The van der Waals surface area contributed by atoms with Crippen molar-refractivity contribution in [2.75, 3.05) is 0 Å². The van der Waals surface area contributed by atoms with Gasteiger partial charge in [0.25, 0.3) is 0 Å². The van der Waals surface area contributed by atoms with Crippen LogP contribution in [0.2, 0.25) is 0 Å². The lowest BCUT2D eigenvalue weighted by molar-refractivity contribution is 0.419. The van der Waals surface area contributed by atoms with E-state index in [0.717, 1.165) is 18.8 Å². The van der Waals surface area contributed by atoms with Gasteiger partial charge in [-0.3, -0.25) is 0 Å². The minimum atomic E-state index is 0.454. The molecule has 0 N–H and O–H groups in total. The Morgan fingerprint density at radius 3 is 2.25 bits per heavy atom. The molecule has 1 heteroatoms. The second kappa shape index (κ2) is 6.58. The fraction of sp³-hybridized carbons (Fsp3) is 0.368. The summed E-state index contributed by atoms with van der Waals surface area (Å²) in [5.41, 5.74) is 4.37. The fourth-order valence-corrected chi connectivity index (χ4v) is 3.35. The number of rotatable bonds is 5. The first-order valence-electron chi connectivity index (χ1n) is 7.61. The normalized spacial score (nSPS) is 16.6. The molecule has 20 heavy (non-hydrogen) atoms. The molecule has 2 aromatic carbocycles. The molecular formula is C19H21Br. The summed E-state index contributed by atoms with van der Waals surface area (Å²) in [6, 6.07) is 20.0. The highest BCUT2D eigenvalue weighted by molar-refractivity contribution is 9.09. The zero-order valence-electron chi connectivity index (χ0n) is 11.8. The van der Waals surface area contributed by atoms with E-state index in [0.29, 0.717) is 4.83 Å². The molecule has 1 unspecified atom stereocenters. The average Bonchev–Trinajstić information content (AvgIpc) is 2.45. The molecule has 0 radical (unpaired) electrons. The lowest BCUT2D eigenvalue weighted by Crippen LogP contribution is -2.08. The van der Waals surface area contributed by atoms with Crippen LogP contribution in [0.1, 0.15) is 53.1 Å². The number of hydrogen-bond acceptors (Lipinski definition) is 0. The third-order valence-corrected chi connectivity index (χ3v) is 5.39. The Balaban J connectivity index is 1.55. The van der Waals surface area contributed by atoms with Crippen molar-refractivity contribution in [3.05, 3.63) is 71.3 Å². The highest BCUT2D eigenvalue weighted by Crippen LogP contribution is 2.36. The van der Waals surface area contributed by atoms with Gasteiger partial charge in [0, 0.05) is 4.83 Å². The van der Waals surface area contributed by atoms with Gasteiger partial charge < -0.3 is 0 Å². The predicted octanol–water partition coefficient (Wildman–Crippen LogP) is 6.02. The maximum absolute atomic E-state index is 3.80. The van der Waals surface area contributed by atoms with Crippen LogP contribution in [0.5, 0.6) is 0 Å². The van der Waals surface area contributed by atoms with Crippen LogP contribution in [0.4, 0.5) is 0 Å². The minimum absolute atomic E-state index is 0.454. The molecule has 1 aliphatic carbocycles. The monoisotopic (exact) mass is 328 g/mol. The molecule has 0 aliphatic heterocycles. The molecule has 1 saturated carbocycles. The van der Waals surface area contributed by atoms with Gasteiger partial charge in [0.15, 0.2) is 0 Å². The van der Waals surface area contributed by atoms with Crippen LogP contribution in [0.3, 0.4) is 0 Å². The molecule has 0 heterocycles. The molecular weight excluding hydrogens is 308 g/mol. The lowest BCUT2D eigenvalue weighted by Gasteiger charge is -2.25. The van der Waals surface area contributed by atoms with Gasteiger partial charge in [0.1, 0.15) is 0 Å². The van der Waals surface area contributed by atoms with Crippen LogP contribution < -0.4 is 0 Å². The molecule has 0 saturated heterocycles. The number of alkyl halides is 1. The van der Waals surface area contributed by atoms with Crippen molar-refractivity contribution in [1.29, 1.82) is 0 Å². The zero-order valence-corrected chi connectivity index (χ0v) is 13.4. The quantitative estimate of drug-likeness (QED) is 0.588. The fourth-order valence-electron chi connectivity index (χ4n) is 2.82. The summed E-state index contributed by atoms with van der Waals surface area (Å²) >= 11 is 3.80. The molecule has 3 rings (SSSR count). The number of halogens is 1. The van der Waals surface area contributed by atoms with E-state index >= 15 is 0 Å². The molecule has 1 aliphatic rings. The van der Waals surface area contributed by atoms with Crippen molar-refractivity contribution in [1.82, 2.24) is 0 Å². The third-order valence-electron chi connectivity index (χ3n) is 4.40. The number of aryl methyl sites for hydroxylation is 1. The summed E-state index contributed by atoms with van der Waals surface area (Å²) in [5, 5.41) is 0. The predicted molar refractivity (Wildman–Crippen MR) is 89.5 cm³/mol. The van der Waals surface area contributed by atoms with Crippen molar-refractivity contribution in [3.63, 3.8) is 0 Å². The van der Waals surface area contributed by atoms with E-state index in [9.17, 15) is 0 Å². The largest absolute Gasteiger partial charge is 0.0839 e. The van der Waals surface area contributed by atoms with Gasteiger partial charge in [-0.1, -0.05) is 76.9 Å². The zero-order chi connectivity index (χ0) is 13.8. The topological polar surface area (TPSA) is 0 Å². The Morgan fingerprint density at radius 2 is 1.65 bits per heavy atom. The van der Waals surface area contributed by atoms with E-state index in [4.69, 9.17) is 0 Å². The SMILES string of the molecule is BrC(CCc1ccc(C2CCC2)cc1)c1ccccc1. The summed E-state index contributed by atoms with van der Waals surface area (Å²) in [5.74, 6) is 0.845. The maximum atomic E-state index is 3.80. The van der Waals surface area contributed by atoms with Crippen molar-refractivity contribution < 1.29 is 0 Å². The van der Waals surface area contributed by atoms with Gasteiger partial charge >= 0.3 is 0 Å². The van der Waals surface area contributed by atoms with Gasteiger partial charge in [-0.2, -0.15) is 0 Å². The molecule has 1 fully saturated rings. The summed E-state index contributed by atoms with van der Waals surface area (Å²) < 4.78 is 0. The smallest absolute Gasteiger partial charge is 0.0398 e. The Morgan fingerprint density at radius 1 is 0.950 bits per heavy atom. The van der Waals surface area contributed by atoms with E-state index < -0.39 is 0 Å². The first-order valence-corrected chi connectivity index (χ1v) is 8.52. The molecule has 1 atom stereocenters. The van der Waals surface area contributed by atoms with Gasteiger partial charge in [-0.05, 0) is 48.3 Å². The third kappa shape index (κ3) is 3.32. The maximum Gasteiger partial charge on any atom is 0.0398 e. The van der Waals surface area contributed by atoms with E-state index in [1.165, 1.54) is 30.4 Å². The Hall–Kier alpha value is -1.08. The van der Waals surface area contributed by atoms with E-state index in [2.05, 4.69) is 70.5 Å². The van der Waals surface area contributed by atoms with Crippen molar-refractivity contribution >= 4 is 15.9 Å². The minimum Gasteiger partial charge on any atom is -0.0839 e. The van der Waals surface area contributed by atoms with Gasteiger partial charge in [0.2, 0.25) is 0 Å². The van der Waals surface area contributed by atoms with Gasteiger partial charge in [-0.25, -0.2) is 0 Å². The second-order valence-corrected chi connectivity index (χ2v) is 6.89. The Bertz CT molecular complexity index is 525. The van der Waals surface area contributed by atoms with Crippen LogP contribution >= 0.6 is 15.9 Å². The van der Waals surface area contributed by atoms with Crippen molar-refractivity contribution in [2.45, 2.75) is 42.8 Å². The molecule has 0 amide bonds. The van der Waals surface area contributed by atoms with Gasteiger partial charge in [0.05, 0.1) is 0 Å². The summed E-state index contributed by atoms with van der Waals surface area (Å²) in [6.45, 7) is 0. The van der Waals surface area contributed by atoms with E-state index in [1.54, 1.807) is 5.56 Å². The highest BCUT2D eigenvalue weighted by Gasteiger charge is 2.18. The molecule has 0 aromatic heterocycles. The molecule has 0 spiro atoms. The first kappa shape index (κ1) is 13.9. The van der Waals surface area contributed by atoms with Gasteiger partial charge in [-0.15, -0.1) is 0 Å². The van der Waals surface area contributed by atoms with Crippen molar-refractivity contribution in [3.8, 4) is 0 Å². The second-order valence-electron chi connectivity index (χ2n) is 5.79. The Kier molecular flexibility index (Phi) is 4.57. The molecule has 104 valence electrons. The first-order chi connectivity index (χ1) is 9.83. The van der Waals surface area contributed by atoms with E-state index in [-0.39, 0.29) is 0 Å². The van der Waals surface area contributed by atoms with Crippen LogP contribution in [0, 0.1) is 0 Å². The Labute approximate surface area is 130 Å². The van der Waals surface area contributed by atoms with Crippen LogP contribution in [-0.2, 0) is 6.42 Å². The standard InChI is InChI=1S/C19H21Br/c20-19(18-5-2-1-3-6-18)14-11-15-9-12-17(13-10-15)16-7-4-8-16/h1-3,5-6,9-10,12-13,16,19H,4,7-8,11,14H2. The molecule has 2 aromatic rings. The summed E-state index contributed by atoms with van der Waals surface area (Å²) in [6.07, 6.45) is 6.46. The number of hydrogen-bond donors (Lipinski definition) is 0. The molecule has 0 nitrogen and oxygen atoms in total. The van der Waals surface area contributed by atoms with Crippen molar-refractivity contribution in [2.24, 2.45) is 0 Å². The van der Waals surface area contributed by atoms with Crippen LogP contribution in [0.15, 0.2) is 54.6 Å². The summed E-state index contributed by atoms with van der Waals surface area (Å²) in [4.78, 5) is 0.454. The van der Waals surface area contributed by atoms with Crippen LogP contribution in [-0.4, -0.2) is 0 Å². The summed E-state index contributed by atoms with van der Waals surface area (Å²) in [7, 11) is 0. The van der Waals surface area contributed by atoms with Crippen LogP contribution in [0.25, 0.3) is 0 Å². The number of benzene rings is 2. The lowest BCUT2D eigenvalue weighted by atomic mass is 9.80. The molecule has 0 bridgehead atoms. The van der Waals surface area contributed by atoms with E-state index in [1.807, 2.05) is 0 Å². The highest BCUT2D eigenvalue weighted by atomic mass is 79.9. The average molecular weight is 329 g/mol.